The van der Waals surface area contributed by atoms with Gasteiger partial charge in [0.2, 0.25) is 0 Å². The van der Waals surface area contributed by atoms with Crippen LogP contribution in [0.4, 0.5) is 4.39 Å². The molecule has 0 unspecified atom stereocenters. The van der Waals surface area contributed by atoms with E-state index in [0.717, 1.165) is 63.0 Å². The van der Waals surface area contributed by atoms with Crippen molar-refractivity contribution >= 4 is 29.9 Å². The van der Waals surface area contributed by atoms with E-state index in [4.69, 9.17) is 4.74 Å². The number of hydrogen-bond acceptors (Lipinski definition) is 2. The van der Waals surface area contributed by atoms with E-state index in [-0.39, 0.29) is 29.8 Å². The fourth-order valence-corrected chi connectivity index (χ4v) is 2.33. The zero-order valence-corrected chi connectivity index (χ0v) is 16.7. The van der Waals surface area contributed by atoms with Crippen LogP contribution in [-0.2, 0) is 11.2 Å². The molecule has 0 radical (unpaired) electrons. The van der Waals surface area contributed by atoms with Crippen molar-refractivity contribution in [1.82, 2.24) is 10.6 Å². The lowest BCUT2D eigenvalue weighted by atomic mass is 10.1. The molecule has 0 atom stereocenters. The first-order valence-electron chi connectivity index (χ1n) is 8.54. The number of aryl methyl sites for hydroxylation is 1. The Morgan fingerprint density at radius 2 is 2.00 bits per heavy atom. The summed E-state index contributed by atoms with van der Waals surface area (Å²) < 4.78 is 18.7. The Balaban J connectivity index is 0.00000288. The summed E-state index contributed by atoms with van der Waals surface area (Å²) in [5.74, 6) is 1.47. The van der Waals surface area contributed by atoms with Crippen molar-refractivity contribution in [3.63, 3.8) is 0 Å². The van der Waals surface area contributed by atoms with E-state index in [0.29, 0.717) is 0 Å². The van der Waals surface area contributed by atoms with Crippen LogP contribution in [0.2, 0.25) is 0 Å². The van der Waals surface area contributed by atoms with Gasteiger partial charge in [0.15, 0.2) is 5.96 Å². The summed E-state index contributed by atoms with van der Waals surface area (Å²) in [5, 5.41) is 6.56. The molecule has 2 rings (SSSR count). The van der Waals surface area contributed by atoms with Crippen LogP contribution in [0, 0.1) is 11.7 Å². The summed E-state index contributed by atoms with van der Waals surface area (Å²) in [4.78, 5) is 4.20. The molecule has 1 fully saturated rings. The fraction of sp³-hybridized carbons (Fsp3) is 0.611. The van der Waals surface area contributed by atoms with Gasteiger partial charge in [-0.25, -0.2) is 4.39 Å². The predicted octanol–water partition coefficient (Wildman–Crippen LogP) is 3.36. The Morgan fingerprint density at radius 3 is 2.67 bits per heavy atom. The highest BCUT2D eigenvalue weighted by molar-refractivity contribution is 14.0. The molecule has 1 aromatic rings. The molecular weight excluding hydrogens is 420 g/mol. The summed E-state index contributed by atoms with van der Waals surface area (Å²) >= 11 is 0. The zero-order chi connectivity index (χ0) is 16.3. The van der Waals surface area contributed by atoms with Gasteiger partial charge < -0.3 is 15.4 Å². The van der Waals surface area contributed by atoms with Gasteiger partial charge >= 0.3 is 0 Å². The Hall–Kier alpha value is -0.890. The Kier molecular flexibility index (Phi) is 11.0. The van der Waals surface area contributed by atoms with Crippen LogP contribution in [0.15, 0.2) is 29.3 Å². The number of nitrogens with zero attached hydrogens (tertiary/aromatic N) is 1. The summed E-state index contributed by atoms with van der Waals surface area (Å²) in [5.41, 5.74) is 1.03. The maximum atomic E-state index is 13.1. The number of halogens is 2. The van der Waals surface area contributed by atoms with Gasteiger partial charge in [0.25, 0.3) is 0 Å². The van der Waals surface area contributed by atoms with Crippen molar-refractivity contribution in [2.75, 3.05) is 33.4 Å². The van der Waals surface area contributed by atoms with Crippen LogP contribution >= 0.6 is 24.0 Å². The first-order chi connectivity index (χ1) is 11.3. The number of hydrogen-bond donors (Lipinski definition) is 2. The fourth-order valence-electron chi connectivity index (χ4n) is 2.33. The summed E-state index contributed by atoms with van der Waals surface area (Å²) in [6.07, 6.45) is 5.46. The van der Waals surface area contributed by atoms with Crippen molar-refractivity contribution in [3.8, 4) is 0 Å². The molecule has 1 aliphatic carbocycles. The minimum Gasteiger partial charge on any atom is -0.381 e. The standard InChI is InChI=1S/C18H28FN3O.HI/c1-20-18(22-11-4-12-23-14-16-8-9-16)21-10-3-6-15-5-2-7-17(19)13-15;/h2,5,7,13,16H,3-4,6,8-12,14H2,1H3,(H2,20,21,22);1H. The number of nitrogens with one attached hydrogen (secondary N) is 2. The van der Waals surface area contributed by atoms with E-state index < -0.39 is 0 Å². The van der Waals surface area contributed by atoms with Crippen LogP contribution in [0.25, 0.3) is 0 Å². The second kappa shape index (κ2) is 12.5. The average molecular weight is 449 g/mol. The molecule has 0 amide bonds. The van der Waals surface area contributed by atoms with Gasteiger partial charge in [-0.2, -0.15) is 0 Å². The first-order valence-corrected chi connectivity index (χ1v) is 8.54. The largest absolute Gasteiger partial charge is 0.381 e. The van der Waals surface area contributed by atoms with E-state index in [9.17, 15) is 4.39 Å². The van der Waals surface area contributed by atoms with Gasteiger partial charge in [0.05, 0.1) is 0 Å². The van der Waals surface area contributed by atoms with Gasteiger partial charge in [-0.1, -0.05) is 12.1 Å². The highest BCUT2D eigenvalue weighted by Gasteiger charge is 2.20. The highest BCUT2D eigenvalue weighted by Crippen LogP contribution is 2.28. The van der Waals surface area contributed by atoms with E-state index >= 15 is 0 Å². The van der Waals surface area contributed by atoms with Crippen molar-refractivity contribution in [2.45, 2.75) is 32.1 Å². The van der Waals surface area contributed by atoms with Crippen LogP contribution in [-0.4, -0.2) is 39.3 Å². The molecule has 136 valence electrons. The summed E-state index contributed by atoms with van der Waals surface area (Å²) in [6.45, 7) is 3.40. The molecule has 0 saturated heterocycles. The monoisotopic (exact) mass is 449 g/mol. The second-order valence-electron chi connectivity index (χ2n) is 6.03. The van der Waals surface area contributed by atoms with E-state index in [2.05, 4.69) is 15.6 Å². The molecule has 2 N–H and O–H groups in total. The number of ether oxygens (including phenoxy) is 1. The Bertz CT molecular complexity index is 495. The molecule has 1 aliphatic rings. The molecule has 0 heterocycles. The smallest absolute Gasteiger partial charge is 0.190 e. The van der Waals surface area contributed by atoms with Gasteiger partial charge in [-0.05, 0) is 55.7 Å². The Labute approximate surface area is 161 Å². The molecule has 0 aliphatic heterocycles. The van der Waals surface area contributed by atoms with E-state index in [1.807, 2.05) is 6.07 Å². The van der Waals surface area contributed by atoms with E-state index in [1.165, 1.54) is 18.9 Å². The number of aliphatic imine (C=N–C) groups is 1. The third kappa shape index (κ3) is 9.42. The molecular formula is C18H29FIN3O. The topological polar surface area (TPSA) is 45.7 Å². The molecule has 0 bridgehead atoms. The number of rotatable bonds is 10. The average Bonchev–Trinajstić information content (AvgIpc) is 3.37. The third-order valence-corrected chi connectivity index (χ3v) is 3.86. The lowest BCUT2D eigenvalue weighted by molar-refractivity contribution is 0.123. The summed E-state index contributed by atoms with van der Waals surface area (Å²) in [6, 6.07) is 6.78. The van der Waals surface area contributed by atoms with E-state index in [1.54, 1.807) is 19.2 Å². The Morgan fingerprint density at radius 1 is 1.25 bits per heavy atom. The van der Waals surface area contributed by atoms with Gasteiger partial charge in [-0.15, -0.1) is 24.0 Å². The second-order valence-corrected chi connectivity index (χ2v) is 6.03. The van der Waals surface area contributed by atoms with Crippen LogP contribution in [0.3, 0.4) is 0 Å². The molecule has 24 heavy (non-hydrogen) atoms. The van der Waals surface area contributed by atoms with Crippen LogP contribution in [0.1, 0.15) is 31.2 Å². The minimum absolute atomic E-state index is 0. The van der Waals surface area contributed by atoms with Crippen molar-refractivity contribution < 1.29 is 9.13 Å². The van der Waals surface area contributed by atoms with Gasteiger partial charge in [0, 0.05) is 33.4 Å². The van der Waals surface area contributed by atoms with Crippen molar-refractivity contribution in [2.24, 2.45) is 10.9 Å². The first kappa shape index (κ1) is 21.2. The molecule has 1 aromatic carbocycles. The molecule has 0 aromatic heterocycles. The lowest BCUT2D eigenvalue weighted by Gasteiger charge is -2.12. The predicted molar refractivity (Wildman–Crippen MR) is 108 cm³/mol. The maximum Gasteiger partial charge on any atom is 0.190 e. The summed E-state index contributed by atoms with van der Waals surface area (Å²) in [7, 11) is 1.77. The third-order valence-electron chi connectivity index (χ3n) is 3.86. The SMILES string of the molecule is CN=C(NCCCOCC1CC1)NCCCc1cccc(F)c1.I. The molecule has 0 spiro atoms. The highest BCUT2D eigenvalue weighted by atomic mass is 127. The lowest BCUT2D eigenvalue weighted by Crippen LogP contribution is -2.38. The quantitative estimate of drug-likeness (QED) is 0.249. The maximum absolute atomic E-state index is 13.1. The molecule has 6 heteroatoms. The van der Waals surface area contributed by atoms with Crippen LogP contribution in [0.5, 0.6) is 0 Å². The zero-order valence-electron chi connectivity index (χ0n) is 14.4. The van der Waals surface area contributed by atoms with Crippen molar-refractivity contribution in [3.05, 3.63) is 35.6 Å². The number of guanidine groups is 1. The van der Waals surface area contributed by atoms with Gasteiger partial charge in [0.1, 0.15) is 5.82 Å². The number of benzene rings is 1. The van der Waals surface area contributed by atoms with Crippen LogP contribution < -0.4 is 10.6 Å². The molecule has 1 saturated carbocycles. The normalized spacial score (nSPS) is 14.2. The minimum atomic E-state index is -0.170. The molecule has 4 nitrogen and oxygen atoms in total. The van der Waals surface area contributed by atoms with Crippen molar-refractivity contribution in [1.29, 1.82) is 0 Å². The van der Waals surface area contributed by atoms with Gasteiger partial charge in [-0.3, -0.25) is 4.99 Å².